The molecule has 1 saturated heterocycles. The molecule has 39 heavy (non-hydrogen) atoms. The van der Waals surface area contributed by atoms with Gasteiger partial charge in [0.05, 0.1) is 12.2 Å². The van der Waals surface area contributed by atoms with Crippen molar-refractivity contribution in [3.8, 4) is 0 Å². The smallest absolute Gasteiger partial charge is 0.365 e. The number of benzene rings is 1. The molecule has 2 atom stereocenters. The lowest BCUT2D eigenvalue weighted by atomic mass is 10.1. The van der Waals surface area contributed by atoms with Crippen LogP contribution in [0, 0.1) is 0 Å². The Morgan fingerprint density at radius 2 is 1.90 bits per heavy atom. The highest BCUT2D eigenvalue weighted by Gasteiger charge is 2.35. The van der Waals surface area contributed by atoms with E-state index in [1.165, 1.54) is 30.2 Å². The van der Waals surface area contributed by atoms with Crippen molar-refractivity contribution in [1.29, 1.82) is 0 Å². The molecule has 2 unspecified atom stereocenters. The van der Waals surface area contributed by atoms with Crippen molar-refractivity contribution in [1.82, 2.24) is 19.9 Å². The number of nitrogens with zero attached hydrogens (tertiary/aromatic N) is 4. The average Bonchev–Trinajstić information content (AvgIpc) is 3.32. The minimum Gasteiger partial charge on any atom is -0.365 e. The van der Waals surface area contributed by atoms with Crippen LogP contribution in [0.4, 0.5) is 35.0 Å². The van der Waals surface area contributed by atoms with E-state index in [0.717, 1.165) is 6.26 Å². The summed E-state index contributed by atoms with van der Waals surface area (Å²) in [6.07, 6.45) is -2.39. The molecule has 1 aromatic carbocycles. The van der Waals surface area contributed by atoms with Crippen LogP contribution in [0.2, 0.25) is 0 Å². The highest BCUT2D eigenvalue weighted by atomic mass is 32.2. The minimum atomic E-state index is -4.76. The third-order valence-corrected chi connectivity index (χ3v) is 7.81. The number of carbonyl (C=O) groups excluding carboxylic acids is 1. The Hall–Kier alpha value is -3.81. The number of carbonyl (C=O) groups is 1. The summed E-state index contributed by atoms with van der Waals surface area (Å²) in [6.45, 7) is 1.66. The quantitative estimate of drug-likeness (QED) is 0.382. The third kappa shape index (κ3) is 6.80. The Morgan fingerprint density at radius 1 is 1.18 bits per heavy atom. The predicted molar refractivity (Wildman–Crippen MR) is 137 cm³/mol. The van der Waals surface area contributed by atoms with Gasteiger partial charge in [0.25, 0.3) is 5.91 Å². The molecule has 0 spiro atoms. The van der Waals surface area contributed by atoms with Crippen LogP contribution in [0.15, 0.2) is 48.8 Å². The van der Waals surface area contributed by atoms with Crippen molar-refractivity contribution < 1.29 is 30.8 Å². The maximum atomic E-state index is 13.7. The van der Waals surface area contributed by atoms with Gasteiger partial charge in [0.2, 0.25) is 5.95 Å². The molecule has 9 nitrogen and oxygen atoms in total. The lowest BCUT2D eigenvalue weighted by Crippen LogP contribution is -2.28. The number of pyridine rings is 1. The average molecular weight is 567 g/mol. The standard InChI is InChI=1S/C25H26F4N6O3S/c1-15(39(2,37)38)21-17(4-3-10-30-21)12-31-22-20(25(27,28)29)13-32-24(34-22)33-19-7-5-16(6-8-19)23(36)35-11-9-18(26)14-35/h3-8,10,13,15,18H,9,11-12,14H2,1-2H3,(H2,31,32,33,34). The van der Waals surface area contributed by atoms with Crippen LogP contribution in [-0.4, -0.2) is 59.7 Å². The molecule has 2 aromatic heterocycles. The summed E-state index contributed by atoms with van der Waals surface area (Å²) in [5.74, 6) is -0.956. The van der Waals surface area contributed by atoms with Crippen LogP contribution < -0.4 is 10.6 Å². The minimum absolute atomic E-state index is 0.0434. The maximum Gasteiger partial charge on any atom is 0.421 e. The lowest BCUT2D eigenvalue weighted by Gasteiger charge is -2.17. The van der Waals surface area contributed by atoms with Gasteiger partial charge >= 0.3 is 6.18 Å². The number of halogens is 4. The number of anilines is 3. The number of sulfone groups is 1. The Kier molecular flexibility index (Phi) is 8.04. The van der Waals surface area contributed by atoms with Crippen molar-refractivity contribution in [2.45, 2.75) is 37.5 Å². The van der Waals surface area contributed by atoms with Gasteiger partial charge in [-0.05, 0) is 49.2 Å². The second-order valence-corrected chi connectivity index (χ2v) is 11.5. The molecule has 1 aliphatic rings. The number of amides is 1. The van der Waals surface area contributed by atoms with Crippen molar-refractivity contribution in [2.24, 2.45) is 0 Å². The van der Waals surface area contributed by atoms with Crippen LogP contribution in [0.1, 0.15) is 45.8 Å². The Bertz CT molecular complexity index is 1450. The largest absolute Gasteiger partial charge is 0.421 e. The van der Waals surface area contributed by atoms with Gasteiger partial charge in [-0.1, -0.05) is 6.07 Å². The molecule has 3 aromatic rings. The zero-order valence-electron chi connectivity index (χ0n) is 21.0. The lowest BCUT2D eigenvalue weighted by molar-refractivity contribution is -0.137. The monoisotopic (exact) mass is 566 g/mol. The maximum absolute atomic E-state index is 13.7. The molecule has 1 amide bonds. The fourth-order valence-electron chi connectivity index (χ4n) is 4.04. The topological polar surface area (TPSA) is 117 Å². The number of aromatic nitrogens is 3. The van der Waals surface area contributed by atoms with E-state index in [4.69, 9.17) is 0 Å². The van der Waals surface area contributed by atoms with Crippen molar-refractivity contribution in [3.63, 3.8) is 0 Å². The first-order chi connectivity index (χ1) is 18.3. The fourth-order valence-corrected chi connectivity index (χ4v) is 4.66. The van der Waals surface area contributed by atoms with Crippen LogP contribution in [0.3, 0.4) is 0 Å². The number of rotatable bonds is 8. The number of hydrogen-bond donors (Lipinski definition) is 2. The molecule has 0 bridgehead atoms. The van der Waals surface area contributed by atoms with E-state index >= 15 is 0 Å². The number of nitrogens with one attached hydrogen (secondary N) is 2. The zero-order valence-corrected chi connectivity index (χ0v) is 21.9. The summed E-state index contributed by atoms with van der Waals surface area (Å²) in [5, 5.41) is 4.49. The van der Waals surface area contributed by atoms with Crippen LogP contribution in [0.25, 0.3) is 0 Å². The summed E-state index contributed by atoms with van der Waals surface area (Å²) in [6, 6.07) is 9.25. The summed E-state index contributed by atoms with van der Waals surface area (Å²) < 4.78 is 78.5. The summed E-state index contributed by atoms with van der Waals surface area (Å²) >= 11 is 0. The van der Waals surface area contributed by atoms with E-state index in [1.54, 1.807) is 24.3 Å². The predicted octanol–water partition coefficient (Wildman–Crippen LogP) is 4.54. The van der Waals surface area contributed by atoms with E-state index in [1.807, 2.05) is 0 Å². The van der Waals surface area contributed by atoms with E-state index in [-0.39, 0.29) is 30.6 Å². The zero-order chi connectivity index (χ0) is 28.4. The number of alkyl halides is 4. The second kappa shape index (κ2) is 11.1. The molecule has 14 heteroatoms. The van der Waals surface area contributed by atoms with E-state index < -0.39 is 38.8 Å². The molecule has 4 rings (SSSR count). The Balaban J connectivity index is 1.53. The first-order valence-electron chi connectivity index (χ1n) is 11.9. The van der Waals surface area contributed by atoms with E-state index in [2.05, 4.69) is 25.6 Å². The molecule has 1 fully saturated rings. The molecule has 3 heterocycles. The molecule has 2 N–H and O–H groups in total. The van der Waals surface area contributed by atoms with Gasteiger partial charge in [0.1, 0.15) is 22.8 Å². The fraction of sp³-hybridized carbons (Fsp3) is 0.360. The molecule has 0 saturated carbocycles. The molecule has 0 aliphatic carbocycles. The third-order valence-electron chi connectivity index (χ3n) is 6.30. The number of likely N-dealkylation sites (tertiary alicyclic amines) is 1. The van der Waals surface area contributed by atoms with Crippen LogP contribution in [0.5, 0.6) is 0 Å². The molecule has 1 aliphatic heterocycles. The van der Waals surface area contributed by atoms with Gasteiger partial charge in [-0.15, -0.1) is 0 Å². The normalized spacial score (nSPS) is 16.7. The van der Waals surface area contributed by atoms with Gasteiger partial charge < -0.3 is 15.5 Å². The Morgan fingerprint density at radius 3 is 2.51 bits per heavy atom. The van der Waals surface area contributed by atoms with E-state index in [0.29, 0.717) is 36.0 Å². The van der Waals surface area contributed by atoms with Crippen molar-refractivity contribution in [3.05, 3.63) is 71.2 Å². The summed E-state index contributed by atoms with van der Waals surface area (Å²) in [5.41, 5.74) is 0.278. The second-order valence-electron chi connectivity index (χ2n) is 9.17. The summed E-state index contributed by atoms with van der Waals surface area (Å²) in [7, 11) is -3.50. The molecule has 0 radical (unpaired) electrons. The molecular formula is C25H26F4N6O3S. The van der Waals surface area contributed by atoms with E-state index in [9.17, 15) is 30.8 Å². The van der Waals surface area contributed by atoms with Gasteiger partial charge in [-0.25, -0.2) is 17.8 Å². The molecular weight excluding hydrogens is 540 g/mol. The highest BCUT2D eigenvalue weighted by Crippen LogP contribution is 2.34. The summed E-state index contributed by atoms with van der Waals surface area (Å²) in [4.78, 5) is 25.8. The molecule has 208 valence electrons. The first kappa shape index (κ1) is 28.2. The van der Waals surface area contributed by atoms with Gasteiger partial charge in [0, 0.05) is 43.0 Å². The first-order valence-corrected chi connectivity index (χ1v) is 13.9. The SMILES string of the molecule is CC(c1ncccc1CNc1nc(Nc2ccc(C(=O)N3CCC(F)C3)cc2)ncc1C(F)(F)F)S(C)(=O)=O. The van der Waals surface area contributed by atoms with Crippen molar-refractivity contribution in [2.75, 3.05) is 30.0 Å². The number of hydrogen-bond acceptors (Lipinski definition) is 8. The highest BCUT2D eigenvalue weighted by molar-refractivity contribution is 7.90. The Labute approximate surface area is 222 Å². The van der Waals surface area contributed by atoms with Crippen LogP contribution in [-0.2, 0) is 22.6 Å². The van der Waals surface area contributed by atoms with Gasteiger partial charge in [0.15, 0.2) is 9.84 Å². The van der Waals surface area contributed by atoms with Gasteiger partial charge in [-0.3, -0.25) is 9.78 Å². The van der Waals surface area contributed by atoms with Crippen LogP contribution >= 0.6 is 0 Å². The van der Waals surface area contributed by atoms with Gasteiger partial charge in [-0.2, -0.15) is 18.2 Å². The van der Waals surface area contributed by atoms with Crippen molar-refractivity contribution >= 4 is 33.2 Å².